The topological polar surface area (TPSA) is 113 Å². The Kier molecular flexibility index (Phi) is 11.8. The van der Waals surface area contributed by atoms with Gasteiger partial charge in [0.2, 0.25) is 11.8 Å². The fourth-order valence-electron chi connectivity index (χ4n) is 11.2. The van der Waals surface area contributed by atoms with Gasteiger partial charge >= 0.3 is 0 Å². The summed E-state index contributed by atoms with van der Waals surface area (Å²) in [6.07, 6.45) is 12.0. The molecule has 62 heavy (non-hydrogen) atoms. The highest BCUT2D eigenvalue weighted by Crippen LogP contribution is 2.46. The number of nitrogens with one attached hydrogen (secondary N) is 2. The van der Waals surface area contributed by atoms with E-state index in [1.165, 1.54) is 55.5 Å². The monoisotopic (exact) mass is 835 g/mol. The SMILES string of the molecule is [C-]#[N+]c1ccc2c3c([nH]c2c1)C(C)(C)c1cc(N2CCC(N4CCN(CCCCCCCCc5cccc6c5CN(C5CCC(=O)NC5=O)C6=O)CC4)CC2)c(CC)cc1C3=O. The molecule has 324 valence electrons. The molecule has 1 unspecified atom stereocenters. The van der Waals surface area contributed by atoms with Crippen LogP contribution in [0.5, 0.6) is 0 Å². The minimum absolute atomic E-state index is 0.0819. The van der Waals surface area contributed by atoms with Crippen molar-refractivity contribution >= 4 is 45.8 Å². The van der Waals surface area contributed by atoms with Gasteiger partial charge in [0.15, 0.2) is 11.5 Å². The molecule has 11 nitrogen and oxygen atoms in total. The van der Waals surface area contributed by atoms with Gasteiger partial charge in [-0.1, -0.05) is 70.7 Å². The summed E-state index contributed by atoms with van der Waals surface area (Å²) in [7, 11) is 0. The first-order valence-corrected chi connectivity index (χ1v) is 23.3. The molecule has 5 aliphatic rings. The lowest BCUT2D eigenvalue weighted by atomic mass is 9.70. The molecule has 3 fully saturated rings. The quantitative estimate of drug-likeness (QED) is 0.0796. The Bertz CT molecular complexity index is 2450. The molecule has 2 N–H and O–H groups in total. The predicted octanol–water partition coefficient (Wildman–Crippen LogP) is 8.08. The van der Waals surface area contributed by atoms with Crippen LogP contribution in [-0.4, -0.2) is 101 Å². The van der Waals surface area contributed by atoms with E-state index in [1.54, 1.807) is 4.90 Å². The second kappa shape index (κ2) is 17.5. The number of fused-ring (bicyclic) bond motifs is 5. The molecule has 0 bridgehead atoms. The number of carbonyl (C=O) groups is 4. The van der Waals surface area contributed by atoms with Crippen LogP contribution in [-0.2, 0) is 34.4 Å². The number of hydrogen-bond donors (Lipinski definition) is 2. The number of imide groups is 1. The maximum atomic E-state index is 14.1. The van der Waals surface area contributed by atoms with Gasteiger partial charge in [-0.15, -0.1) is 0 Å². The first-order chi connectivity index (χ1) is 30.0. The number of hydrogen-bond acceptors (Lipinski definition) is 7. The number of H-pyrrole nitrogens is 1. The number of piperidine rings is 2. The number of carbonyl (C=O) groups excluding carboxylic acids is 4. The van der Waals surface area contributed by atoms with E-state index in [9.17, 15) is 19.2 Å². The molecule has 0 saturated carbocycles. The van der Waals surface area contributed by atoms with Gasteiger partial charge in [-0.3, -0.25) is 29.4 Å². The summed E-state index contributed by atoms with van der Waals surface area (Å²) in [6.45, 7) is 22.4. The molecular weight excluding hydrogens is 775 g/mol. The number of rotatable bonds is 13. The molecule has 9 rings (SSSR count). The first-order valence-electron chi connectivity index (χ1n) is 23.3. The number of piperazine rings is 1. The molecule has 1 aliphatic carbocycles. The Balaban J connectivity index is 0.698. The third kappa shape index (κ3) is 7.85. The Morgan fingerprint density at radius 1 is 0.823 bits per heavy atom. The number of unbranched alkanes of at least 4 members (excludes halogenated alkanes) is 5. The van der Waals surface area contributed by atoms with Crippen molar-refractivity contribution in [2.24, 2.45) is 0 Å². The average molecular weight is 836 g/mol. The van der Waals surface area contributed by atoms with Gasteiger partial charge in [0.05, 0.1) is 12.1 Å². The Morgan fingerprint density at radius 3 is 2.32 bits per heavy atom. The molecule has 1 aromatic heterocycles. The van der Waals surface area contributed by atoms with E-state index in [0.717, 1.165) is 110 Å². The van der Waals surface area contributed by atoms with Crippen LogP contribution in [0.4, 0.5) is 11.4 Å². The number of ketones is 1. The summed E-state index contributed by atoms with van der Waals surface area (Å²) in [5.41, 5.74) is 10.2. The molecule has 3 aromatic carbocycles. The van der Waals surface area contributed by atoms with Crippen LogP contribution in [0.15, 0.2) is 48.5 Å². The summed E-state index contributed by atoms with van der Waals surface area (Å²) in [6, 6.07) is 16.1. The average Bonchev–Trinajstić information content (AvgIpc) is 3.85. The van der Waals surface area contributed by atoms with E-state index in [1.807, 2.05) is 30.3 Å². The molecule has 5 heterocycles. The number of benzene rings is 3. The molecule has 0 spiro atoms. The van der Waals surface area contributed by atoms with Crippen LogP contribution >= 0.6 is 0 Å². The lowest BCUT2D eigenvalue weighted by Gasteiger charge is -2.44. The number of aromatic amines is 1. The van der Waals surface area contributed by atoms with Crippen LogP contribution in [0.2, 0.25) is 0 Å². The zero-order valence-electron chi connectivity index (χ0n) is 36.8. The second-order valence-corrected chi connectivity index (χ2v) is 18.9. The van der Waals surface area contributed by atoms with Gasteiger partial charge < -0.3 is 19.7 Å². The molecule has 3 saturated heterocycles. The highest BCUT2D eigenvalue weighted by atomic mass is 16.2. The first kappa shape index (κ1) is 42.0. The van der Waals surface area contributed by atoms with Crippen LogP contribution in [0.3, 0.4) is 0 Å². The van der Waals surface area contributed by atoms with E-state index in [-0.39, 0.29) is 35.3 Å². The number of aryl methyl sites for hydroxylation is 2. The van der Waals surface area contributed by atoms with Crippen molar-refractivity contribution in [3.63, 3.8) is 0 Å². The van der Waals surface area contributed by atoms with Gasteiger partial charge in [-0.05, 0) is 98.0 Å². The summed E-state index contributed by atoms with van der Waals surface area (Å²) in [5.74, 6) is -0.632. The van der Waals surface area contributed by atoms with Gasteiger partial charge in [0.25, 0.3) is 5.91 Å². The maximum absolute atomic E-state index is 14.1. The smallest absolute Gasteiger partial charge is 0.255 e. The molecule has 4 aromatic rings. The van der Waals surface area contributed by atoms with Crippen LogP contribution in [0.25, 0.3) is 15.7 Å². The predicted molar refractivity (Wildman–Crippen MR) is 243 cm³/mol. The molecular formula is C51H61N7O4. The van der Waals surface area contributed by atoms with E-state index < -0.39 is 6.04 Å². The van der Waals surface area contributed by atoms with Crippen LogP contribution in [0.1, 0.15) is 139 Å². The minimum Gasteiger partial charge on any atom is -0.371 e. The Morgan fingerprint density at radius 2 is 1.58 bits per heavy atom. The van der Waals surface area contributed by atoms with Crippen molar-refractivity contribution in [3.8, 4) is 0 Å². The van der Waals surface area contributed by atoms with Gasteiger partial charge in [-0.2, -0.15) is 0 Å². The third-order valence-corrected chi connectivity index (χ3v) is 14.9. The zero-order valence-corrected chi connectivity index (χ0v) is 36.8. The van der Waals surface area contributed by atoms with E-state index in [0.29, 0.717) is 30.3 Å². The largest absolute Gasteiger partial charge is 0.371 e. The van der Waals surface area contributed by atoms with E-state index in [4.69, 9.17) is 6.57 Å². The van der Waals surface area contributed by atoms with Crippen molar-refractivity contribution in [2.75, 3.05) is 50.7 Å². The Labute approximate surface area is 366 Å². The standard InChI is InChI=1S/C51H61N7O4/c1-5-33-29-39-41(51(2,3)48-46(47(39)60)38-17-16-35(52-4)30-42(38)53-48)31-44(33)57-23-20-36(21-24-57)56-27-25-55(26-28-56)22-11-9-7-6-8-10-13-34-14-12-15-37-40(34)32-58(50(37)62)43-18-19-45(59)54-49(43)61/h12,14-17,29-31,36,43,53H,5-11,13,18-28,32H2,1-3H3,(H,54,59,61). The number of nitrogens with zero attached hydrogens (tertiary/aromatic N) is 5. The van der Waals surface area contributed by atoms with Crippen LogP contribution < -0.4 is 10.2 Å². The molecule has 11 heteroatoms. The van der Waals surface area contributed by atoms with Crippen molar-refractivity contribution in [2.45, 2.75) is 122 Å². The molecule has 4 aliphatic heterocycles. The molecule has 3 amide bonds. The zero-order chi connectivity index (χ0) is 43.1. The Hall–Kier alpha value is -5.31. The lowest BCUT2D eigenvalue weighted by Crippen LogP contribution is -2.53. The summed E-state index contributed by atoms with van der Waals surface area (Å²) in [5, 5.41) is 3.30. The van der Waals surface area contributed by atoms with Crippen molar-refractivity contribution in [3.05, 3.63) is 105 Å². The van der Waals surface area contributed by atoms with Gasteiger partial charge in [0, 0.05) is 97.1 Å². The summed E-state index contributed by atoms with van der Waals surface area (Å²) < 4.78 is 0. The number of anilines is 1. The summed E-state index contributed by atoms with van der Waals surface area (Å²) in [4.78, 5) is 68.2. The highest BCUT2D eigenvalue weighted by Gasteiger charge is 2.42. The fourth-order valence-corrected chi connectivity index (χ4v) is 11.2. The molecule has 1 atom stereocenters. The van der Waals surface area contributed by atoms with Crippen molar-refractivity contribution < 1.29 is 19.2 Å². The molecule has 0 radical (unpaired) electrons. The van der Waals surface area contributed by atoms with Crippen molar-refractivity contribution in [1.29, 1.82) is 0 Å². The van der Waals surface area contributed by atoms with Gasteiger partial charge in [-0.25, -0.2) is 4.85 Å². The number of amides is 3. The lowest BCUT2D eigenvalue weighted by molar-refractivity contribution is -0.136. The second-order valence-electron chi connectivity index (χ2n) is 18.9. The van der Waals surface area contributed by atoms with Crippen LogP contribution in [0, 0.1) is 6.57 Å². The normalized spacial score (nSPS) is 20.6. The fraction of sp³-hybridized carbons (Fsp3) is 0.510. The van der Waals surface area contributed by atoms with Crippen molar-refractivity contribution in [1.82, 2.24) is 25.0 Å². The minimum atomic E-state index is -0.569. The van der Waals surface area contributed by atoms with E-state index >= 15 is 0 Å². The van der Waals surface area contributed by atoms with E-state index in [2.05, 4.69) is 68.8 Å². The summed E-state index contributed by atoms with van der Waals surface area (Å²) >= 11 is 0. The maximum Gasteiger partial charge on any atom is 0.255 e. The van der Waals surface area contributed by atoms with Gasteiger partial charge in [0.1, 0.15) is 6.04 Å². The highest BCUT2D eigenvalue weighted by molar-refractivity contribution is 6.20. The number of aromatic nitrogens is 1. The third-order valence-electron chi connectivity index (χ3n) is 14.9.